The van der Waals surface area contributed by atoms with Crippen molar-refractivity contribution in [2.45, 2.75) is 32.1 Å². The van der Waals surface area contributed by atoms with Gasteiger partial charge in [0.1, 0.15) is 0 Å². The van der Waals surface area contributed by atoms with Gasteiger partial charge in [-0.2, -0.15) is 0 Å². The van der Waals surface area contributed by atoms with E-state index in [4.69, 9.17) is 9.68 Å². The summed E-state index contributed by atoms with van der Waals surface area (Å²) in [6, 6.07) is 0. The molecule has 1 saturated carbocycles. The van der Waals surface area contributed by atoms with E-state index in [1.807, 2.05) is 0 Å². The summed E-state index contributed by atoms with van der Waals surface area (Å²) in [5.41, 5.74) is 0. The van der Waals surface area contributed by atoms with Gasteiger partial charge in [0.2, 0.25) is 0 Å². The maximum atomic E-state index is 12.6. The fourth-order valence-electron chi connectivity index (χ4n) is 4.08. The predicted octanol–water partition coefficient (Wildman–Crippen LogP) is -0.361. The summed E-state index contributed by atoms with van der Waals surface area (Å²) < 4.78 is 0. The van der Waals surface area contributed by atoms with Crippen LogP contribution in [0.5, 0.6) is 0 Å². The van der Waals surface area contributed by atoms with Crippen LogP contribution in [0.1, 0.15) is 32.1 Å². The molecule has 4 unspecified atom stereocenters. The minimum atomic E-state index is -0.957. The highest BCUT2D eigenvalue weighted by Crippen LogP contribution is 2.49. The Balaban J connectivity index is 1.50. The SMILES string of the molecule is O=C(ON1C(=O)CCC1=O)C1C2C=CC(C2)C1C(=O)ON1C(=O)CCC1=O. The number of imide groups is 2. The monoisotopic (exact) mass is 376 g/mol. The van der Waals surface area contributed by atoms with Crippen LogP contribution in [-0.4, -0.2) is 45.7 Å². The Bertz CT molecular complexity index is 707. The van der Waals surface area contributed by atoms with Crippen LogP contribution in [0.15, 0.2) is 12.2 Å². The van der Waals surface area contributed by atoms with Crippen LogP contribution in [0.4, 0.5) is 0 Å². The number of amides is 4. The first-order chi connectivity index (χ1) is 12.9. The van der Waals surface area contributed by atoms with E-state index in [-0.39, 0.29) is 37.5 Å². The van der Waals surface area contributed by atoms with Gasteiger partial charge in [-0.1, -0.05) is 12.2 Å². The molecule has 10 heteroatoms. The first kappa shape index (κ1) is 17.4. The molecule has 142 valence electrons. The Labute approximate surface area is 152 Å². The number of rotatable bonds is 4. The van der Waals surface area contributed by atoms with Gasteiger partial charge in [0.25, 0.3) is 23.6 Å². The van der Waals surface area contributed by atoms with Gasteiger partial charge >= 0.3 is 11.9 Å². The molecule has 4 aliphatic rings. The Morgan fingerprint density at radius 2 is 1.04 bits per heavy atom. The van der Waals surface area contributed by atoms with Crippen molar-refractivity contribution in [1.82, 2.24) is 10.1 Å². The number of carbonyl (C=O) groups is 6. The summed E-state index contributed by atoms with van der Waals surface area (Å²) in [5, 5.41) is 0.877. The molecule has 2 aliphatic heterocycles. The molecular formula is C17H16N2O8. The average Bonchev–Trinajstić information content (AvgIpc) is 3.39. The lowest BCUT2D eigenvalue weighted by Crippen LogP contribution is -2.42. The highest BCUT2D eigenvalue weighted by Gasteiger charge is 2.55. The standard InChI is InChI=1S/C17H16N2O8/c20-10-3-4-11(21)18(10)26-16(24)14-8-1-2-9(7-8)15(14)17(25)27-19-12(22)5-6-13(19)23/h1-2,8-9,14-15H,3-7H2. The molecular weight excluding hydrogens is 360 g/mol. The molecule has 0 aromatic carbocycles. The van der Waals surface area contributed by atoms with Crippen LogP contribution in [-0.2, 0) is 38.4 Å². The van der Waals surface area contributed by atoms with E-state index in [0.717, 1.165) is 0 Å². The number of carbonyl (C=O) groups excluding carboxylic acids is 6. The normalized spacial score (nSPS) is 32.0. The van der Waals surface area contributed by atoms with Crippen molar-refractivity contribution in [3.8, 4) is 0 Å². The largest absolute Gasteiger partial charge is 0.337 e. The molecule has 2 heterocycles. The fourth-order valence-corrected chi connectivity index (χ4v) is 4.08. The summed E-state index contributed by atoms with van der Waals surface area (Å²) >= 11 is 0. The molecule has 2 aliphatic carbocycles. The van der Waals surface area contributed by atoms with Crippen molar-refractivity contribution >= 4 is 35.6 Å². The van der Waals surface area contributed by atoms with Gasteiger partial charge in [-0.05, 0) is 18.3 Å². The molecule has 0 N–H and O–H groups in total. The van der Waals surface area contributed by atoms with E-state index >= 15 is 0 Å². The van der Waals surface area contributed by atoms with Crippen LogP contribution in [0, 0.1) is 23.7 Å². The van der Waals surface area contributed by atoms with E-state index in [0.29, 0.717) is 16.5 Å². The van der Waals surface area contributed by atoms with Crippen molar-refractivity contribution in [3.63, 3.8) is 0 Å². The van der Waals surface area contributed by atoms with Crippen LogP contribution in [0.3, 0.4) is 0 Å². The molecule has 10 nitrogen and oxygen atoms in total. The third kappa shape index (κ3) is 2.81. The summed E-state index contributed by atoms with van der Waals surface area (Å²) in [4.78, 5) is 81.8. The minimum Gasteiger partial charge on any atom is -0.330 e. The van der Waals surface area contributed by atoms with Crippen molar-refractivity contribution in [2.75, 3.05) is 0 Å². The van der Waals surface area contributed by atoms with E-state index in [9.17, 15) is 28.8 Å². The minimum absolute atomic E-state index is 0.0343. The van der Waals surface area contributed by atoms with Crippen molar-refractivity contribution < 1.29 is 38.4 Å². The predicted molar refractivity (Wildman–Crippen MR) is 82.1 cm³/mol. The van der Waals surface area contributed by atoms with Crippen molar-refractivity contribution in [1.29, 1.82) is 0 Å². The van der Waals surface area contributed by atoms with Gasteiger partial charge in [-0.25, -0.2) is 9.59 Å². The summed E-state index contributed by atoms with van der Waals surface area (Å²) in [6.07, 6.45) is 3.92. The van der Waals surface area contributed by atoms with Gasteiger partial charge in [0.15, 0.2) is 0 Å². The zero-order valence-corrected chi connectivity index (χ0v) is 14.2. The lowest BCUT2D eigenvalue weighted by Gasteiger charge is -2.26. The summed E-state index contributed by atoms with van der Waals surface area (Å²) in [7, 11) is 0. The Hall–Kier alpha value is -3.04. The summed E-state index contributed by atoms with van der Waals surface area (Å²) in [6.45, 7) is 0. The van der Waals surface area contributed by atoms with Gasteiger partial charge in [-0.15, -0.1) is 10.1 Å². The summed E-state index contributed by atoms with van der Waals surface area (Å²) in [5.74, 6) is -6.73. The van der Waals surface area contributed by atoms with Gasteiger partial charge in [-0.3, -0.25) is 19.2 Å². The number of nitrogens with zero attached hydrogens (tertiary/aromatic N) is 2. The number of hydrogen-bond donors (Lipinski definition) is 0. The van der Waals surface area contributed by atoms with E-state index in [1.54, 1.807) is 12.2 Å². The topological polar surface area (TPSA) is 127 Å². The van der Waals surface area contributed by atoms with E-state index in [2.05, 4.69) is 0 Å². The number of allylic oxidation sites excluding steroid dienone is 2. The molecule has 0 aromatic heterocycles. The molecule has 27 heavy (non-hydrogen) atoms. The molecule has 3 fully saturated rings. The number of fused-ring (bicyclic) bond motifs is 2. The maximum Gasteiger partial charge on any atom is 0.337 e. The van der Waals surface area contributed by atoms with Crippen LogP contribution in [0.25, 0.3) is 0 Å². The highest BCUT2D eigenvalue weighted by atomic mass is 16.7. The molecule has 2 saturated heterocycles. The molecule has 0 radical (unpaired) electrons. The molecule has 0 spiro atoms. The zero-order chi connectivity index (χ0) is 19.3. The van der Waals surface area contributed by atoms with E-state index in [1.165, 1.54) is 0 Å². The molecule has 4 rings (SSSR count). The Morgan fingerprint density at radius 3 is 1.37 bits per heavy atom. The molecule has 0 aromatic rings. The lowest BCUT2D eigenvalue weighted by atomic mass is 9.83. The van der Waals surface area contributed by atoms with Crippen LogP contribution >= 0.6 is 0 Å². The Kier molecular flexibility index (Phi) is 4.05. The second-order valence-electron chi connectivity index (χ2n) is 6.98. The molecule has 4 atom stereocenters. The van der Waals surface area contributed by atoms with Gasteiger partial charge in [0.05, 0.1) is 11.8 Å². The van der Waals surface area contributed by atoms with Gasteiger partial charge in [0, 0.05) is 25.7 Å². The fraction of sp³-hybridized carbons (Fsp3) is 0.529. The number of hydroxylamine groups is 4. The number of hydrogen-bond acceptors (Lipinski definition) is 8. The Morgan fingerprint density at radius 1 is 0.704 bits per heavy atom. The zero-order valence-electron chi connectivity index (χ0n) is 14.2. The maximum absolute atomic E-state index is 12.6. The van der Waals surface area contributed by atoms with Gasteiger partial charge < -0.3 is 9.68 Å². The third-order valence-electron chi connectivity index (χ3n) is 5.38. The molecule has 4 amide bonds. The lowest BCUT2D eigenvalue weighted by molar-refractivity contribution is -0.209. The van der Waals surface area contributed by atoms with Crippen molar-refractivity contribution in [3.05, 3.63) is 12.2 Å². The van der Waals surface area contributed by atoms with Crippen molar-refractivity contribution in [2.24, 2.45) is 23.7 Å². The third-order valence-corrected chi connectivity index (χ3v) is 5.38. The van der Waals surface area contributed by atoms with E-state index < -0.39 is 47.4 Å². The highest BCUT2D eigenvalue weighted by molar-refractivity contribution is 6.02. The second kappa shape index (κ2) is 6.29. The average molecular weight is 376 g/mol. The second-order valence-corrected chi connectivity index (χ2v) is 6.98. The molecule has 2 bridgehead atoms. The van der Waals surface area contributed by atoms with Crippen LogP contribution < -0.4 is 0 Å². The smallest absolute Gasteiger partial charge is 0.330 e. The first-order valence-corrected chi connectivity index (χ1v) is 8.70. The van der Waals surface area contributed by atoms with Crippen LogP contribution in [0.2, 0.25) is 0 Å². The first-order valence-electron chi connectivity index (χ1n) is 8.70. The quantitative estimate of drug-likeness (QED) is 0.481.